The van der Waals surface area contributed by atoms with Crippen LogP contribution in [0.2, 0.25) is 0 Å². The number of halogens is 3. The molecule has 3 aromatic rings. The first kappa shape index (κ1) is 36.9. The van der Waals surface area contributed by atoms with Gasteiger partial charge in [0, 0.05) is 25.8 Å². The molecule has 1 atom stereocenters. The lowest BCUT2D eigenvalue weighted by Gasteiger charge is -2.16. The number of methoxy groups -OCH3 is 2. The molecular weight excluding hydrogens is 635 g/mol. The van der Waals surface area contributed by atoms with Gasteiger partial charge in [-0.1, -0.05) is 48.5 Å². The van der Waals surface area contributed by atoms with Gasteiger partial charge >= 0.3 is 12.1 Å². The van der Waals surface area contributed by atoms with Crippen LogP contribution in [0.5, 0.6) is 11.5 Å². The third kappa shape index (κ3) is 10.2. The van der Waals surface area contributed by atoms with E-state index in [9.17, 15) is 32.3 Å². The Kier molecular flexibility index (Phi) is 13.0. The Balaban J connectivity index is 0.000000804. The number of aliphatic imine (C=N–C) groups is 1. The van der Waals surface area contributed by atoms with Gasteiger partial charge < -0.3 is 20.3 Å². The zero-order chi connectivity index (χ0) is 35.4. The number of rotatable bonds is 14. The maximum atomic E-state index is 13.3. The fraction of sp³-hybridized carbons (Fsp3) is 0.294. The molecule has 0 saturated heterocycles. The van der Waals surface area contributed by atoms with Gasteiger partial charge in [0.15, 0.2) is 17.3 Å². The van der Waals surface area contributed by atoms with Crippen LogP contribution < -0.4 is 15.2 Å². The average molecular weight is 670 g/mol. The molecule has 1 heterocycles. The molecule has 0 fully saturated rings. The topological polar surface area (TPSA) is 166 Å². The minimum atomic E-state index is -5.08. The lowest BCUT2D eigenvalue weighted by molar-refractivity contribution is -0.192. The molecule has 3 N–H and O–H groups in total. The highest BCUT2D eigenvalue weighted by Gasteiger charge is 2.38. The maximum Gasteiger partial charge on any atom is 0.490 e. The van der Waals surface area contributed by atoms with Crippen molar-refractivity contribution in [3.63, 3.8) is 0 Å². The van der Waals surface area contributed by atoms with Gasteiger partial charge in [-0.05, 0) is 41.8 Å². The molecular formula is C34H34F3N3O8. The van der Waals surface area contributed by atoms with Crippen molar-refractivity contribution in [3.8, 4) is 11.5 Å². The fourth-order valence-corrected chi connectivity index (χ4v) is 4.82. The summed E-state index contributed by atoms with van der Waals surface area (Å²) in [4.78, 5) is 65.9. The molecule has 1 aliphatic rings. The van der Waals surface area contributed by atoms with Crippen LogP contribution in [-0.2, 0) is 27.2 Å². The van der Waals surface area contributed by atoms with Gasteiger partial charge in [0.1, 0.15) is 17.7 Å². The van der Waals surface area contributed by atoms with E-state index in [2.05, 4.69) is 4.99 Å². The van der Waals surface area contributed by atoms with Crippen LogP contribution in [0.25, 0.3) is 0 Å². The number of amides is 2. The number of ketones is 2. The molecule has 0 spiro atoms. The number of carboxylic acid groups (broad SMARTS) is 1. The summed E-state index contributed by atoms with van der Waals surface area (Å²) in [6, 6.07) is 20.6. The summed E-state index contributed by atoms with van der Waals surface area (Å²) in [5.41, 5.74) is 8.57. The van der Waals surface area contributed by atoms with Gasteiger partial charge in [-0.3, -0.25) is 29.1 Å². The number of nitrogens with zero attached hydrogens (tertiary/aromatic N) is 2. The number of nitrogens with two attached hydrogens (primary N) is 1. The summed E-state index contributed by atoms with van der Waals surface area (Å²) >= 11 is 0. The van der Waals surface area contributed by atoms with Gasteiger partial charge in [-0.2, -0.15) is 13.2 Å². The number of fused-ring (bicyclic) bond motifs is 1. The summed E-state index contributed by atoms with van der Waals surface area (Å²) in [6.45, 7) is 0.124. The highest BCUT2D eigenvalue weighted by Crippen LogP contribution is 2.28. The lowest BCUT2D eigenvalue weighted by Crippen LogP contribution is -2.32. The van der Waals surface area contributed by atoms with E-state index in [4.69, 9.17) is 25.1 Å². The van der Waals surface area contributed by atoms with E-state index in [1.165, 1.54) is 19.1 Å². The zero-order valence-electron chi connectivity index (χ0n) is 26.2. The molecule has 1 aliphatic heterocycles. The predicted octanol–water partition coefficient (Wildman–Crippen LogP) is 4.45. The van der Waals surface area contributed by atoms with Crippen molar-refractivity contribution in [2.45, 2.75) is 44.3 Å². The molecule has 4 rings (SSSR count). The van der Waals surface area contributed by atoms with Gasteiger partial charge in [0.05, 0.1) is 31.8 Å². The van der Waals surface area contributed by atoms with Crippen LogP contribution in [0.15, 0.2) is 77.8 Å². The molecule has 0 bridgehead atoms. The minimum absolute atomic E-state index is 0.0742. The number of alkyl halides is 3. The van der Waals surface area contributed by atoms with E-state index in [1.54, 1.807) is 42.5 Å². The highest BCUT2D eigenvalue weighted by atomic mass is 19.4. The Morgan fingerprint density at radius 3 is 1.98 bits per heavy atom. The number of imide groups is 1. The Labute approximate surface area is 274 Å². The fourth-order valence-electron chi connectivity index (χ4n) is 4.82. The van der Waals surface area contributed by atoms with E-state index in [1.807, 2.05) is 30.3 Å². The normalized spacial score (nSPS) is 13.3. The Morgan fingerprint density at radius 1 is 0.875 bits per heavy atom. The number of benzene rings is 3. The lowest BCUT2D eigenvalue weighted by atomic mass is 9.99. The standard InChI is InChI=1S/C32H33N3O6.C2HF3O2/c1-40-28-15-14-22(19-29(28)41-2)17-23(36)20-30(33)34-26(18-21-9-4-3-5-10-21)27(37)13-8-16-35-31(38)24-11-6-7-12-25(24)32(35)39;3-2(4,5)1(6)7/h3-7,9-12,14-15,19,26H,8,13,16-18,20H2,1-2H3,(H2,33,34);(H,6,7)/t26-;/m0./s1. The van der Waals surface area contributed by atoms with E-state index < -0.39 is 18.2 Å². The van der Waals surface area contributed by atoms with Crippen molar-refractivity contribution in [1.82, 2.24) is 4.90 Å². The molecule has 14 heteroatoms. The molecule has 48 heavy (non-hydrogen) atoms. The van der Waals surface area contributed by atoms with Crippen molar-refractivity contribution in [3.05, 3.63) is 95.1 Å². The number of aliphatic carboxylic acids is 1. The zero-order valence-corrected chi connectivity index (χ0v) is 26.2. The molecule has 0 aromatic heterocycles. The quantitative estimate of drug-likeness (QED) is 0.143. The number of carbonyl (C=O) groups excluding carboxylic acids is 4. The summed E-state index contributed by atoms with van der Waals surface area (Å²) in [7, 11) is 3.06. The summed E-state index contributed by atoms with van der Waals surface area (Å²) < 4.78 is 42.3. The second-order valence-electron chi connectivity index (χ2n) is 10.6. The van der Waals surface area contributed by atoms with Gasteiger partial charge in [-0.15, -0.1) is 0 Å². The monoisotopic (exact) mass is 669 g/mol. The number of amidine groups is 1. The Hall–Kier alpha value is -5.53. The maximum absolute atomic E-state index is 13.3. The van der Waals surface area contributed by atoms with Crippen LogP contribution in [0, 0.1) is 0 Å². The predicted molar refractivity (Wildman–Crippen MR) is 168 cm³/mol. The SMILES string of the molecule is COc1ccc(CC(=O)CC(N)=N[C@@H](Cc2ccccc2)C(=O)CCCN2C(=O)c3ccccc3C2=O)cc1OC.O=C(O)C(F)(F)F. The van der Waals surface area contributed by atoms with Crippen LogP contribution >= 0.6 is 0 Å². The van der Waals surface area contributed by atoms with Crippen molar-refractivity contribution >= 4 is 35.2 Å². The van der Waals surface area contributed by atoms with E-state index >= 15 is 0 Å². The first-order valence-corrected chi connectivity index (χ1v) is 14.6. The number of ether oxygens (including phenoxy) is 2. The van der Waals surface area contributed by atoms with Crippen LogP contribution in [0.3, 0.4) is 0 Å². The summed E-state index contributed by atoms with van der Waals surface area (Å²) in [6.07, 6.45) is -4.36. The molecule has 0 unspecified atom stereocenters. The average Bonchev–Trinajstić information content (AvgIpc) is 3.29. The summed E-state index contributed by atoms with van der Waals surface area (Å²) in [5, 5.41) is 7.12. The van der Waals surface area contributed by atoms with Gasteiger partial charge in [-0.25, -0.2) is 4.79 Å². The van der Waals surface area contributed by atoms with Crippen molar-refractivity contribution in [2.24, 2.45) is 10.7 Å². The van der Waals surface area contributed by atoms with Crippen LogP contribution in [0.4, 0.5) is 13.2 Å². The second-order valence-corrected chi connectivity index (χ2v) is 10.6. The number of hydrogen-bond acceptors (Lipinski definition) is 8. The Morgan fingerprint density at radius 2 is 1.44 bits per heavy atom. The molecule has 0 aliphatic carbocycles. The van der Waals surface area contributed by atoms with Crippen molar-refractivity contribution in [1.29, 1.82) is 0 Å². The Bertz CT molecular complexity index is 1640. The third-order valence-corrected chi connectivity index (χ3v) is 7.12. The molecule has 11 nitrogen and oxygen atoms in total. The van der Waals surface area contributed by atoms with E-state index in [0.717, 1.165) is 11.1 Å². The number of Topliss-reactive ketones (excluding diaryl/α,β-unsaturated/α-hetero) is 2. The molecule has 254 valence electrons. The number of hydrogen-bond donors (Lipinski definition) is 2. The minimum Gasteiger partial charge on any atom is -0.493 e. The van der Waals surface area contributed by atoms with Gasteiger partial charge in [0.2, 0.25) is 0 Å². The highest BCUT2D eigenvalue weighted by molar-refractivity contribution is 6.21. The molecule has 3 aromatic carbocycles. The van der Waals surface area contributed by atoms with Crippen LogP contribution in [-0.4, -0.2) is 78.2 Å². The molecule has 2 amide bonds. The first-order chi connectivity index (χ1) is 22.7. The number of carboxylic acids is 1. The van der Waals surface area contributed by atoms with Crippen molar-refractivity contribution in [2.75, 3.05) is 20.8 Å². The van der Waals surface area contributed by atoms with Crippen molar-refractivity contribution < 1.29 is 51.7 Å². The third-order valence-electron chi connectivity index (χ3n) is 7.12. The second kappa shape index (κ2) is 16.9. The van der Waals surface area contributed by atoms with E-state index in [0.29, 0.717) is 35.5 Å². The first-order valence-electron chi connectivity index (χ1n) is 14.6. The molecule has 0 radical (unpaired) electrons. The van der Waals surface area contributed by atoms with Crippen LogP contribution in [0.1, 0.15) is 51.1 Å². The van der Waals surface area contributed by atoms with Gasteiger partial charge in [0.25, 0.3) is 11.8 Å². The van der Waals surface area contributed by atoms with E-state index in [-0.39, 0.29) is 55.0 Å². The summed E-state index contributed by atoms with van der Waals surface area (Å²) in [5.74, 6) is -2.64. The smallest absolute Gasteiger partial charge is 0.490 e. The number of carbonyl (C=O) groups is 5. The largest absolute Gasteiger partial charge is 0.493 e. The molecule has 0 saturated carbocycles.